The van der Waals surface area contributed by atoms with E-state index in [1.165, 1.54) is 16.8 Å². The SMILES string of the molecule is CC(C)CC(=O)Nc1cc(C(=O)N2CCCC2)cn(C)c1=O. The number of rotatable bonds is 4. The zero-order chi connectivity index (χ0) is 16.3. The van der Waals surface area contributed by atoms with Crippen LogP contribution in [-0.2, 0) is 11.8 Å². The fraction of sp³-hybridized carbons (Fsp3) is 0.562. The van der Waals surface area contributed by atoms with Crippen LogP contribution in [0.5, 0.6) is 0 Å². The van der Waals surface area contributed by atoms with Crippen molar-refractivity contribution in [1.29, 1.82) is 0 Å². The maximum absolute atomic E-state index is 12.4. The third-order valence-corrected chi connectivity index (χ3v) is 3.69. The van der Waals surface area contributed by atoms with Gasteiger partial charge in [-0.05, 0) is 24.8 Å². The third kappa shape index (κ3) is 3.75. The molecule has 1 saturated heterocycles. The summed E-state index contributed by atoms with van der Waals surface area (Å²) in [5.74, 6) is -0.0939. The third-order valence-electron chi connectivity index (χ3n) is 3.69. The number of carbonyl (C=O) groups excluding carboxylic acids is 2. The highest BCUT2D eigenvalue weighted by molar-refractivity contribution is 5.97. The average molecular weight is 305 g/mol. The molecule has 1 aliphatic heterocycles. The lowest BCUT2D eigenvalue weighted by atomic mass is 10.1. The van der Waals surface area contributed by atoms with Crippen molar-refractivity contribution >= 4 is 17.5 Å². The summed E-state index contributed by atoms with van der Waals surface area (Å²) >= 11 is 0. The molecule has 6 heteroatoms. The maximum Gasteiger partial charge on any atom is 0.274 e. The van der Waals surface area contributed by atoms with Crippen molar-refractivity contribution in [2.75, 3.05) is 18.4 Å². The molecule has 0 unspecified atom stereocenters. The molecule has 0 atom stereocenters. The highest BCUT2D eigenvalue weighted by Crippen LogP contribution is 2.14. The van der Waals surface area contributed by atoms with Gasteiger partial charge in [-0.3, -0.25) is 14.4 Å². The molecule has 0 radical (unpaired) electrons. The van der Waals surface area contributed by atoms with Crippen LogP contribution in [-0.4, -0.2) is 34.4 Å². The Kier molecular flexibility index (Phi) is 5.00. The first-order valence-corrected chi connectivity index (χ1v) is 7.68. The van der Waals surface area contributed by atoms with Gasteiger partial charge in [0.15, 0.2) is 0 Å². The van der Waals surface area contributed by atoms with Gasteiger partial charge in [-0.15, -0.1) is 0 Å². The Morgan fingerprint density at radius 2 is 1.91 bits per heavy atom. The van der Waals surface area contributed by atoms with Gasteiger partial charge >= 0.3 is 0 Å². The van der Waals surface area contributed by atoms with Crippen molar-refractivity contribution in [3.8, 4) is 0 Å². The normalized spacial score (nSPS) is 14.5. The minimum Gasteiger partial charge on any atom is -0.339 e. The number of amides is 2. The second-order valence-electron chi connectivity index (χ2n) is 6.20. The van der Waals surface area contributed by atoms with Crippen LogP contribution in [0.15, 0.2) is 17.1 Å². The molecule has 6 nitrogen and oxygen atoms in total. The largest absolute Gasteiger partial charge is 0.339 e. The monoisotopic (exact) mass is 305 g/mol. The molecule has 1 fully saturated rings. The van der Waals surface area contributed by atoms with Crippen molar-refractivity contribution in [1.82, 2.24) is 9.47 Å². The van der Waals surface area contributed by atoms with E-state index in [4.69, 9.17) is 0 Å². The molecule has 120 valence electrons. The smallest absolute Gasteiger partial charge is 0.274 e. The zero-order valence-electron chi connectivity index (χ0n) is 13.4. The van der Waals surface area contributed by atoms with Gasteiger partial charge in [0.25, 0.3) is 11.5 Å². The first kappa shape index (κ1) is 16.3. The Bertz CT molecular complexity index is 628. The number of aromatic nitrogens is 1. The number of anilines is 1. The number of nitrogens with zero attached hydrogens (tertiary/aromatic N) is 2. The molecule has 1 N–H and O–H groups in total. The topological polar surface area (TPSA) is 71.4 Å². The van der Waals surface area contributed by atoms with Gasteiger partial charge in [0.1, 0.15) is 5.69 Å². The predicted molar refractivity (Wildman–Crippen MR) is 84.9 cm³/mol. The van der Waals surface area contributed by atoms with Crippen LogP contribution < -0.4 is 10.9 Å². The first-order chi connectivity index (χ1) is 10.4. The average Bonchev–Trinajstić information content (AvgIpc) is 2.96. The summed E-state index contributed by atoms with van der Waals surface area (Å²) in [6.07, 6.45) is 3.89. The van der Waals surface area contributed by atoms with E-state index in [9.17, 15) is 14.4 Å². The van der Waals surface area contributed by atoms with E-state index in [2.05, 4.69) is 5.32 Å². The standard InChI is InChI=1S/C16H23N3O3/c1-11(2)8-14(20)17-13-9-12(10-18(3)16(13)22)15(21)19-6-4-5-7-19/h9-11H,4-8H2,1-3H3,(H,17,20). The van der Waals surface area contributed by atoms with E-state index < -0.39 is 0 Å². The van der Waals surface area contributed by atoms with E-state index in [0.29, 0.717) is 12.0 Å². The Balaban J connectivity index is 2.24. The molecule has 1 aromatic rings. The zero-order valence-corrected chi connectivity index (χ0v) is 13.4. The fourth-order valence-corrected chi connectivity index (χ4v) is 2.59. The van der Waals surface area contributed by atoms with Crippen molar-refractivity contribution in [2.24, 2.45) is 13.0 Å². The second-order valence-corrected chi connectivity index (χ2v) is 6.20. The Labute approximate surface area is 130 Å². The lowest BCUT2D eigenvalue weighted by Crippen LogP contribution is -2.31. The van der Waals surface area contributed by atoms with Crippen molar-refractivity contribution in [3.05, 3.63) is 28.2 Å². The van der Waals surface area contributed by atoms with E-state index >= 15 is 0 Å². The molecule has 1 aromatic heterocycles. The van der Waals surface area contributed by atoms with E-state index in [0.717, 1.165) is 25.9 Å². The summed E-state index contributed by atoms with van der Waals surface area (Å²) in [6, 6.07) is 1.49. The van der Waals surface area contributed by atoms with Gasteiger partial charge in [-0.25, -0.2) is 0 Å². The van der Waals surface area contributed by atoms with Crippen molar-refractivity contribution in [2.45, 2.75) is 33.1 Å². The van der Waals surface area contributed by atoms with Gasteiger partial charge in [0.2, 0.25) is 5.91 Å². The molecule has 2 rings (SSSR count). The minimum absolute atomic E-state index is 0.0903. The minimum atomic E-state index is -0.310. The number of hydrogen-bond donors (Lipinski definition) is 1. The number of aryl methyl sites for hydroxylation is 1. The number of hydrogen-bond acceptors (Lipinski definition) is 3. The summed E-state index contributed by atoms with van der Waals surface area (Å²) < 4.78 is 1.34. The van der Waals surface area contributed by atoms with E-state index in [-0.39, 0.29) is 29.0 Å². The van der Waals surface area contributed by atoms with Gasteiger partial charge in [-0.1, -0.05) is 13.8 Å². The summed E-state index contributed by atoms with van der Waals surface area (Å²) in [5, 5.41) is 2.63. The molecular formula is C16H23N3O3. The van der Waals surface area contributed by atoms with Crippen LogP contribution >= 0.6 is 0 Å². The number of likely N-dealkylation sites (tertiary alicyclic amines) is 1. The fourth-order valence-electron chi connectivity index (χ4n) is 2.59. The van der Waals surface area contributed by atoms with Gasteiger partial charge in [0, 0.05) is 32.8 Å². The van der Waals surface area contributed by atoms with Crippen LogP contribution in [0.4, 0.5) is 5.69 Å². The number of nitrogens with one attached hydrogen (secondary N) is 1. The van der Waals surface area contributed by atoms with Crippen LogP contribution in [0.25, 0.3) is 0 Å². The van der Waals surface area contributed by atoms with Gasteiger partial charge < -0.3 is 14.8 Å². The maximum atomic E-state index is 12.4. The van der Waals surface area contributed by atoms with Crippen molar-refractivity contribution in [3.63, 3.8) is 0 Å². The molecule has 0 aromatic carbocycles. The second kappa shape index (κ2) is 6.77. The van der Waals surface area contributed by atoms with Crippen LogP contribution in [0.2, 0.25) is 0 Å². The Hall–Kier alpha value is -2.11. The summed E-state index contributed by atoms with van der Waals surface area (Å²) in [4.78, 5) is 38.2. The van der Waals surface area contributed by atoms with Crippen LogP contribution in [0.3, 0.4) is 0 Å². The summed E-state index contributed by atoms with van der Waals surface area (Å²) in [7, 11) is 1.58. The molecule has 22 heavy (non-hydrogen) atoms. The lowest BCUT2D eigenvalue weighted by Gasteiger charge is -2.16. The number of carbonyl (C=O) groups is 2. The summed E-state index contributed by atoms with van der Waals surface area (Å²) in [6.45, 7) is 5.36. The highest BCUT2D eigenvalue weighted by atomic mass is 16.2. The van der Waals surface area contributed by atoms with E-state index in [1.54, 1.807) is 11.9 Å². The molecule has 0 bridgehead atoms. The molecular weight excluding hydrogens is 282 g/mol. The van der Waals surface area contributed by atoms with Crippen LogP contribution in [0.1, 0.15) is 43.5 Å². The molecule has 2 amide bonds. The molecule has 0 spiro atoms. The lowest BCUT2D eigenvalue weighted by molar-refractivity contribution is -0.116. The Morgan fingerprint density at radius 3 is 2.50 bits per heavy atom. The van der Waals surface area contributed by atoms with Gasteiger partial charge in [0.05, 0.1) is 5.56 Å². The van der Waals surface area contributed by atoms with Crippen LogP contribution in [0, 0.1) is 5.92 Å². The molecule has 0 aliphatic carbocycles. The first-order valence-electron chi connectivity index (χ1n) is 7.68. The molecule has 1 aliphatic rings. The molecule has 0 saturated carbocycles. The quantitative estimate of drug-likeness (QED) is 0.918. The Morgan fingerprint density at radius 1 is 1.27 bits per heavy atom. The number of pyridine rings is 1. The highest BCUT2D eigenvalue weighted by Gasteiger charge is 2.21. The van der Waals surface area contributed by atoms with Crippen molar-refractivity contribution < 1.29 is 9.59 Å². The summed E-state index contributed by atoms with van der Waals surface area (Å²) in [5.41, 5.74) is 0.289. The predicted octanol–water partition coefficient (Wildman–Crippen LogP) is 1.61. The van der Waals surface area contributed by atoms with Gasteiger partial charge in [-0.2, -0.15) is 0 Å². The van der Waals surface area contributed by atoms with E-state index in [1.807, 2.05) is 13.8 Å². The molecule has 2 heterocycles.